The van der Waals surface area contributed by atoms with Gasteiger partial charge in [-0.25, -0.2) is 14.5 Å². The molecule has 1 N–H and O–H groups in total. The molecule has 2 heterocycles. The van der Waals surface area contributed by atoms with E-state index in [0.29, 0.717) is 10.6 Å². The lowest BCUT2D eigenvalue weighted by molar-refractivity contribution is -0.116. The topological polar surface area (TPSA) is 86.1 Å². The number of rotatable bonds is 4. The molecular formula is C11H12N4O3S. The van der Waals surface area contributed by atoms with Gasteiger partial charge in [0.1, 0.15) is 24.1 Å². The standard InChI is InChI=1S/C11H12N4O3S/c1-7-4-19-10(11(17)18-2)9(7)14-8(16)3-15-6-12-5-13-15/h4-6H,3H2,1-2H3,(H,14,16). The fourth-order valence-corrected chi connectivity index (χ4v) is 2.40. The molecule has 0 aromatic carbocycles. The number of anilines is 1. The summed E-state index contributed by atoms with van der Waals surface area (Å²) in [6, 6.07) is 0. The van der Waals surface area contributed by atoms with Crippen molar-refractivity contribution in [2.45, 2.75) is 13.5 Å². The number of hydrogen-bond acceptors (Lipinski definition) is 6. The average Bonchev–Trinajstić information content (AvgIpc) is 3.00. The molecule has 0 aliphatic rings. The second kappa shape index (κ2) is 5.61. The number of nitrogens with one attached hydrogen (secondary N) is 1. The van der Waals surface area contributed by atoms with Crippen LogP contribution in [0.4, 0.5) is 5.69 Å². The van der Waals surface area contributed by atoms with Gasteiger partial charge in [-0.05, 0) is 17.9 Å². The molecule has 19 heavy (non-hydrogen) atoms. The third kappa shape index (κ3) is 2.97. The summed E-state index contributed by atoms with van der Waals surface area (Å²) in [6.45, 7) is 1.85. The van der Waals surface area contributed by atoms with Crippen LogP contribution >= 0.6 is 11.3 Å². The van der Waals surface area contributed by atoms with Crippen molar-refractivity contribution in [3.8, 4) is 0 Å². The summed E-state index contributed by atoms with van der Waals surface area (Å²) in [5.41, 5.74) is 1.30. The molecular weight excluding hydrogens is 268 g/mol. The van der Waals surface area contributed by atoms with Crippen LogP contribution in [-0.4, -0.2) is 33.8 Å². The molecule has 0 atom stereocenters. The van der Waals surface area contributed by atoms with Gasteiger partial charge >= 0.3 is 5.97 Å². The van der Waals surface area contributed by atoms with E-state index in [1.165, 1.54) is 35.8 Å². The normalized spacial score (nSPS) is 10.2. The van der Waals surface area contributed by atoms with Crippen molar-refractivity contribution in [3.05, 3.63) is 28.5 Å². The number of aromatic nitrogens is 3. The van der Waals surface area contributed by atoms with Gasteiger partial charge in [0, 0.05) is 0 Å². The Kier molecular flexibility index (Phi) is 3.91. The van der Waals surface area contributed by atoms with Crippen LogP contribution in [0.1, 0.15) is 15.2 Å². The number of carbonyl (C=O) groups excluding carboxylic acids is 2. The Labute approximate surface area is 113 Å². The average molecular weight is 280 g/mol. The molecule has 2 aromatic heterocycles. The lowest BCUT2D eigenvalue weighted by Crippen LogP contribution is -2.20. The Balaban J connectivity index is 2.12. The van der Waals surface area contributed by atoms with E-state index in [1.807, 2.05) is 6.92 Å². The van der Waals surface area contributed by atoms with Crippen LogP contribution in [0.15, 0.2) is 18.0 Å². The quantitative estimate of drug-likeness (QED) is 0.847. The maximum atomic E-state index is 11.8. The summed E-state index contributed by atoms with van der Waals surface area (Å²) in [4.78, 5) is 27.5. The highest BCUT2D eigenvalue weighted by molar-refractivity contribution is 7.12. The van der Waals surface area contributed by atoms with Crippen molar-refractivity contribution in [2.75, 3.05) is 12.4 Å². The van der Waals surface area contributed by atoms with Crippen LogP contribution in [0.2, 0.25) is 0 Å². The van der Waals surface area contributed by atoms with E-state index in [1.54, 1.807) is 5.38 Å². The summed E-state index contributed by atoms with van der Waals surface area (Å²) < 4.78 is 6.07. The molecule has 0 saturated heterocycles. The fourth-order valence-electron chi connectivity index (χ4n) is 1.48. The number of hydrogen-bond donors (Lipinski definition) is 1. The minimum Gasteiger partial charge on any atom is -0.465 e. The van der Waals surface area contributed by atoms with Gasteiger partial charge in [-0.3, -0.25) is 4.79 Å². The predicted molar refractivity (Wildman–Crippen MR) is 69.0 cm³/mol. The number of ether oxygens (including phenoxy) is 1. The van der Waals surface area contributed by atoms with Crippen molar-refractivity contribution < 1.29 is 14.3 Å². The molecule has 7 nitrogen and oxygen atoms in total. The summed E-state index contributed by atoms with van der Waals surface area (Å²) in [7, 11) is 1.30. The second-order valence-corrected chi connectivity index (χ2v) is 4.64. The molecule has 0 bridgehead atoms. The minimum atomic E-state index is -0.464. The maximum Gasteiger partial charge on any atom is 0.350 e. The molecule has 100 valence electrons. The third-order valence-electron chi connectivity index (χ3n) is 2.38. The monoisotopic (exact) mass is 280 g/mol. The zero-order chi connectivity index (χ0) is 13.8. The second-order valence-electron chi connectivity index (χ2n) is 3.76. The Morgan fingerprint density at radius 1 is 1.53 bits per heavy atom. The van der Waals surface area contributed by atoms with Crippen molar-refractivity contribution in [2.24, 2.45) is 0 Å². The highest BCUT2D eigenvalue weighted by Crippen LogP contribution is 2.28. The number of methoxy groups -OCH3 is 1. The lowest BCUT2D eigenvalue weighted by atomic mass is 10.2. The summed E-state index contributed by atoms with van der Waals surface area (Å²) in [5, 5.41) is 8.32. The van der Waals surface area contributed by atoms with E-state index in [4.69, 9.17) is 0 Å². The maximum absolute atomic E-state index is 11.8. The molecule has 0 aliphatic heterocycles. The molecule has 0 fully saturated rings. The number of esters is 1. The van der Waals surface area contributed by atoms with Gasteiger partial charge in [0.15, 0.2) is 0 Å². The van der Waals surface area contributed by atoms with Gasteiger partial charge in [-0.2, -0.15) is 5.10 Å². The molecule has 1 amide bonds. The number of carbonyl (C=O) groups is 2. The summed E-state index contributed by atoms with van der Waals surface area (Å²) >= 11 is 1.23. The van der Waals surface area contributed by atoms with E-state index in [2.05, 4.69) is 20.1 Å². The number of aryl methyl sites for hydroxylation is 1. The van der Waals surface area contributed by atoms with E-state index in [-0.39, 0.29) is 12.5 Å². The molecule has 2 aromatic rings. The minimum absolute atomic E-state index is 0.0376. The first-order valence-electron chi connectivity index (χ1n) is 5.40. The van der Waals surface area contributed by atoms with E-state index >= 15 is 0 Å². The highest BCUT2D eigenvalue weighted by Gasteiger charge is 2.18. The van der Waals surface area contributed by atoms with Gasteiger partial charge in [-0.15, -0.1) is 11.3 Å². The molecule has 0 saturated carbocycles. The van der Waals surface area contributed by atoms with Crippen LogP contribution in [0.3, 0.4) is 0 Å². The molecule has 0 aliphatic carbocycles. The first kappa shape index (κ1) is 13.2. The van der Waals surface area contributed by atoms with Crippen molar-refractivity contribution in [1.29, 1.82) is 0 Å². The van der Waals surface area contributed by atoms with Gasteiger partial charge in [0.25, 0.3) is 0 Å². The van der Waals surface area contributed by atoms with Crippen molar-refractivity contribution in [3.63, 3.8) is 0 Å². The summed E-state index contributed by atoms with van der Waals surface area (Å²) in [5.74, 6) is -0.744. The number of thiophene rings is 1. The van der Waals surface area contributed by atoms with Gasteiger partial charge in [-0.1, -0.05) is 0 Å². The van der Waals surface area contributed by atoms with Crippen LogP contribution in [-0.2, 0) is 16.1 Å². The van der Waals surface area contributed by atoms with E-state index < -0.39 is 5.97 Å². The van der Waals surface area contributed by atoms with Crippen LogP contribution < -0.4 is 5.32 Å². The summed E-state index contributed by atoms with van der Waals surface area (Å²) in [6.07, 6.45) is 2.80. The molecule has 8 heteroatoms. The Morgan fingerprint density at radius 2 is 2.32 bits per heavy atom. The molecule has 2 rings (SSSR count). The molecule has 0 spiro atoms. The smallest absolute Gasteiger partial charge is 0.350 e. The molecule has 0 unspecified atom stereocenters. The lowest BCUT2D eigenvalue weighted by Gasteiger charge is -2.07. The predicted octanol–water partition coefficient (Wildman–Crippen LogP) is 1.07. The first-order chi connectivity index (χ1) is 9.11. The van der Waals surface area contributed by atoms with Gasteiger partial charge in [0.2, 0.25) is 5.91 Å². The van der Waals surface area contributed by atoms with Crippen molar-refractivity contribution >= 4 is 28.9 Å². The third-order valence-corrected chi connectivity index (χ3v) is 3.46. The Hall–Kier alpha value is -2.22. The fraction of sp³-hybridized carbons (Fsp3) is 0.273. The number of amides is 1. The zero-order valence-electron chi connectivity index (χ0n) is 10.4. The largest absolute Gasteiger partial charge is 0.465 e. The Bertz CT molecular complexity index is 591. The van der Waals surface area contributed by atoms with E-state index in [9.17, 15) is 9.59 Å². The zero-order valence-corrected chi connectivity index (χ0v) is 11.2. The van der Waals surface area contributed by atoms with Crippen LogP contribution in [0.25, 0.3) is 0 Å². The number of nitrogens with zero attached hydrogens (tertiary/aromatic N) is 3. The van der Waals surface area contributed by atoms with Crippen LogP contribution in [0.5, 0.6) is 0 Å². The van der Waals surface area contributed by atoms with Gasteiger partial charge in [0.05, 0.1) is 12.8 Å². The van der Waals surface area contributed by atoms with Crippen molar-refractivity contribution in [1.82, 2.24) is 14.8 Å². The first-order valence-corrected chi connectivity index (χ1v) is 6.28. The highest BCUT2D eigenvalue weighted by atomic mass is 32.1. The van der Waals surface area contributed by atoms with Gasteiger partial charge < -0.3 is 10.1 Å². The van der Waals surface area contributed by atoms with Crippen LogP contribution in [0, 0.1) is 6.92 Å². The molecule has 0 radical (unpaired) electrons. The SMILES string of the molecule is COC(=O)c1scc(C)c1NC(=O)Cn1cncn1. The van der Waals surface area contributed by atoms with E-state index in [0.717, 1.165) is 5.56 Å². The Morgan fingerprint density at radius 3 is 2.95 bits per heavy atom.